The van der Waals surface area contributed by atoms with Gasteiger partial charge in [-0.25, -0.2) is 4.39 Å². The maximum atomic E-state index is 13.7. The maximum Gasteiger partial charge on any atom is 0.225 e. The van der Waals surface area contributed by atoms with Gasteiger partial charge in [0, 0.05) is 45.7 Å². The predicted octanol–water partition coefficient (Wildman–Crippen LogP) is 0.665. The minimum Gasteiger partial charge on any atom is -0.379 e. The first-order chi connectivity index (χ1) is 12.6. The van der Waals surface area contributed by atoms with Gasteiger partial charge in [-0.3, -0.25) is 14.5 Å². The van der Waals surface area contributed by atoms with E-state index in [0.29, 0.717) is 31.6 Å². The number of hydrogen-bond donors (Lipinski definition) is 1. The first-order valence-corrected chi connectivity index (χ1v) is 9.22. The molecule has 1 atom stereocenters. The molecule has 0 radical (unpaired) electrons. The van der Waals surface area contributed by atoms with Crippen molar-refractivity contribution < 1.29 is 18.7 Å². The van der Waals surface area contributed by atoms with E-state index in [4.69, 9.17) is 4.74 Å². The second-order valence-electron chi connectivity index (χ2n) is 6.83. The Morgan fingerprint density at radius 1 is 1.23 bits per heavy atom. The van der Waals surface area contributed by atoms with Crippen LogP contribution in [0.4, 0.5) is 4.39 Å². The Bertz CT molecular complexity index is 634. The summed E-state index contributed by atoms with van der Waals surface area (Å²) >= 11 is 0. The average molecular weight is 363 g/mol. The Labute approximate surface area is 153 Å². The molecule has 26 heavy (non-hydrogen) atoms. The van der Waals surface area contributed by atoms with Crippen LogP contribution < -0.4 is 5.32 Å². The van der Waals surface area contributed by atoms with E-state index in [1.807, 2.05) is 0 Å². The molecule has 0 spiro atoms. The standard InChI is InChI=1S/C19H26FN3O3/c20-17-4-2-1-3-15(17)5-7-23-14-16(13-18(23)24)19(25)21-6-8-22-9-11-26-12-10-22/h1-4,16H,5-14H2,(H,21,25). The minimum atomic E-state index is -0.312. The number of nitrogens with one attached hydrogen (secondary N) is 1. The fourth-order valence-electron chi connectivity index (χ4n) is 3.43. The van der Waals surface area contributed by atoms with Crippen molar-refractivity contribution in [2.45, 2.75) is 12.8 Å². The largest absolute Gasteiger partial charge is 0.379 e. The van der Waals surface area contributed by atoms with Gasteiger partial charge in [0.15, 0.2) is 0 Å². The lowest BCUT2D eigenvalue weighted by molar-refractivity contribution is -0.129. The third kappa shape index (κ3) is 5.02. The second-order valence-corrected chi connectivity index (χ2v) is 6.83. The zero-order valence-corrected chi connectivity index (χ0v) is 15.0. The monoisotopic (exact) mass is 363 g/mol. The third-order valence-corrected chi connectivity index (χ3v) is 5.03. The Kier molecular flexibility index (Phi) is 6.57. The summed E-state index contributed by atoms with van der Waals surface area (Å²) in [5.41, 5.74) is 0.596. The molecule has 2 saturated heterocycles. The van der Waals surface area contributed by atoms with Gasteiger partial charge < -0.3 is 15.0 Å². The second kappa shape index (κ2) is 9.09. The summed E-state index contributed by atoms with van der Waals surface area (Å²) in [6, 6.07) is 6.59. The molecule has 6 nitrogen and oxygen atoms in total. The summed E-state index contributed by atoms with van der Waals surface area (Å²) in [7, 11) is 0. The van der Waals surface area contributed by atoms with E-state index in [-0.39, 0.29) is 30.0 Å². The van der Waals surface area contributed by atoms with Gasteiger partial charge >= 0.3 is 0 Å². The van der Waals surface area contributed by atoms with E-state index in [9.17, 15) is 14.0 Å². The number of hydrogen-bond acceptors (Lipinski definition) is 4. The van der Waals surface area contributed by atoms with E-state index in [1.54, 1.807) is 23.1 Å². The number of amides is 2. The molecule has 1 N–H and O–H groups in total. The summed E-state index contributed by atoms with van der Waals surface area (Å²) in [6.45, 7) is 5.49. The van der Waals surface area contributed by atoms with Crippen LogP contribution in [0.5, 0.6) is 0 Å². The fourth-order valence-corrected chi connectivity index (χ4v) is 3.43. The third-order valence-electron chi connectivity index (χ3n) is 5.03. The number of carbonyl (C=O) groups is 2. The van der Waals surface area contributed by atoms with Crippen LogP contribution in [0, 0.1) is 11.7 Å². The summed E-state index contributed by atoms with van der Waals surface area (Å²) < 4.78 is 19.0. The van der Waals surface area contributed by atoms with Crippen molar-refractivity contribution in [2.24, 2.45) is 5.92 Å². The number of carbonyl (C=O) groups excluding carboxylic acids is 2. The van der Waals surface area contributed by atoms with E-state index >= 15 is 0 Å². The molecule has 2 aliphatic rings. The normalized spacial score (nSPS) is 21.2. The van der Waals surface area contributed by atoms with Crippen LogP contribution >= 0.6 is 0 Å². The highest BCUT2D eigenvalue weighted by molar-refractivity contribution is 5.89. The Balaban J connectivity index is 1.40. The molecule has 2 heterocycles. The topological polar surface area (TPSA) is 61.9 Å². The first kappa shape index (κ1) is 18.8. The summed E-state index contributed by atoms with van der Waals surface area (Å²) in [6.07, 6.45) is 0.699. The van der Waals surface area contributed by atoms with E-state index in [1.165, 1.54) is 6.07 Å². The van der Waals surface area contributed by atoms with Crippen molar-refractivity contribution in [2.75, 3.05) is 52.5 Å². The van der Waals surface area contributed by atoms with Gasteiger partial charge in [0.2, 0.25) is 11.8 Å². The molecule has 0 saturated carbocycles. The number of ether oxygens (including phenoxy) is 1. The van der Waals surface area contributed by atoms with Crippen molar-refractivity contribution in [1.82, 2.24) is 15.1 Å². The van der Waals surface area contributed by atoms with Crippen molar-refractivity contribution in [3.63, 3.8) is 0 Å². The predicted molar refractivity (Wildman–Crippen MR) is 95.1 cm³/mol. The molecule has 2 fully saturated rings. The van der Waals surface area contributed by atoms with E-state index in [2.05, 4.69) is 10.2 Å². The van der Waals surface area contributed by atoms with Crippen LogP contribution in [-0.2, 0) is 20.7 Å². The molecule has 0 aliphatic carbocycles. The molecule has 3 rings (SSSR count). The number of rotatable bonds is 7. The number of benzene rings is 1. The zero-order valence-electron chi connectivity index (χ0n) is 15.0. The molecule has 2 aliphatic heterocycles. The molecule has 1 aromatic rings. The van der Waals surface area contributed by atoms with Gasteiger partial charge in [-0.2, -0.15) is 0 Å². The lowest BCUT2D eigenvalue weighted by Crippen LogP contribution is -2.42. The highest BCUT2D eigenvalue weighted by Gasteiger charge is 2.33. The zero-order chi connectivity index (χ0) is 18.4. The number of halogens is 1. The van der Waals surface area contributed by atoms with Crippen LogP contribution in [-0.4, -0.2) is 74.1 Å². The molecule has 2 amide bonds. The molecular formula is C19H26FN3O3. The highest BCUT2D eigenvalue weighted by Crippen LogP contribution is 2.19. The molecule has 7 heteroatoms. The Hall–Kier alpha value is -1.99. The smallest absolute Gasteiger partial charge is 0.225 e. The SMILES string of the molecule is O=C(NCCN1CCOCC1)C1CC(=O)N(CCc2ccccc2F)C1. The van der Waals surface area contributed by atoms with Crippen LogP contribution in [0.1, 0.15) is 12.0 Å². The number of nitrogens with zero attached hydrogens (tertiary/aromatic N) is 2. The van der Waals surface area contributed by atoms with Crippen LogP contribution in [0.2, 0.25) is 0 Å². The van der Waals surface area contributed by atoms with Crippen molar-refractivity contribution in [1.29, 1.82) is 0 Å². The van der Waals surface area contributed by atoms with E-state index < -0.39 is 0 Å². The summed E-state index contributed by atoms with van der Waals surface area (Å²) in [5, 5.41) is 2.94. The van der Waals surface area contributed by atoms with Crippen LogP contribution in [0.25, 0.3) is 0 Å². The van der Waals surface area contributed by atoms with Crippen LogP contribution in [0.3, 0.4) is 0 Å². The van der Waals surface area contributed by atoms with Gasteiger partial charge in [-0.05, 0) is 18.1 Å². The Morgan fingerprint density at radius 3 is 2.77 bits per heavy atom. The van der Waals surface area contributed by atoms with Gasteiger partial charge in [-0.1, -0.05) is 18.2 Å². The minimum absolute atomic E-state index is 0.0327. The van der Waals surface area contributed by atoms with Crippen molar-refractivity contribution in [3.05, 3.63) is 35.6 Å². The van der Waals surface area contributed by atoms with E-state index in [0.717, 1.165) is 32.8 Å². The fraction of sp³-hybridized carbons (Fsp3) is 0.579. The molecule has 1 unspecified atom stereocenters. The molecule has 0 aromatic heterocycles. The first-order valence-electron chi connectivity index (χ1n) is 9.22. The Morgan fingerprint density at radius 2 is 2.00 bits per heavy atom. The lowest BCUT2D eigenvalue weighted by Gasteiger charge is -2.26. The van der Waals surface area contributed by atoms with Crippen molar-refractivity contribution >= 4 is 11.8 Å². The highest BCUT2D eigenvalue weighted by atomic mass is 19.1. The average Bonchev–Trinajstić information content (AvgIpc) is 3.03. The number of likely N-dealkylation sites (tertiary alicyclic amines) is 1. The van der Waals surface area contributed by atoms with Crippen LogP contribution in [0.15, 0.2) is 24.3 Å². The number of morpholine rings is 1. The quantitative estimate of drug-likeness (QED) is 0.773. The van der Waals surface area contributed by atoms with Gasteiger partial charge in [0.25, 0.3) is 0 Å². The lowest BCUT2D eigenvalue weighted by atomic mass is 10.1. The van der Waals surface area contributed by atoms with Gasteiger partial charge in [-0.15, -0.1) is 0 Å². The molecule has 1 aromatic carbocycles. The molecule has 0 bridgehead atoms. The van der Waals surface area contributed by atoms with Gasteiger partial charge in [0.05, 0.1) is 19.1 Å². The summed E-state index contributed by atoms with van der Waals surface area (Å²) in [4.78, 5) is 28.4. The molecular weight excluding hydrogens is 337 g/mol. The molecule has 142 valence electrons. The summed E-state index contributed by atoms with van der Waals surface area (Å²) in [5.74, 6) is -0.668. The van der Waals surface area contributed by atoms with Crippen molar-refractivity contribution in [3.8, 4) is 0 Å². The van der Waals surface area contributed by atoms with Gasteiger partial charge in [0.1, 0.15) is 5.82 Å². The maximum absolute atomic E-state index is 13.7.